The van der Waals surface area contributed by atoms with E-state index in [1.807, 2.05) is 12.4 Å². The number of nitrogens with zero attached hydrogens (tertiary/aromatic N) is 3. The van der Waals surface area contributed by atoms with E-state index in [-0.39, 0.29) is 0 Å². The fourth-order valence-electron chi connectivity index (χ4n) is 1.94. The normalized spacial score (nSPS) is 15.9. The van der Waals surface area contributed by atoms with Crippen molar-refractivity contribution < 1.29 is 0 Å². The Hall–Kier alpha value is -0.980. The molecule has 0 radical (unpaired) electrons. The summed E-state index contributed by atoms with van der Waals surface area (Å²) in [5.41, 5.74) is 1.07. The zero-order valence-electron chi connectivity index (χ0n) is 9.77. The van der Waals surface area contributed by atoms with Crippen molar-refractivity contribution in [3.05, 3.63) is 28.3 Å². The molecule has 2 aromatic rings. The third-order valence-corrected chi connectivity index (χ3v) is 4.63. The maximum Gasteiger partial charge on any atom is 0.225 e. The third kappa shape index (κ3) is 2.55. The molecule has 0 atom stereocenters. The number of anilines is 1. The number of nitrogens with one attached hydrogen (secondary N) is 1. The van der Waals surface area contributed by atoms with Crippen LogP contribution < -0.4 is 10.2 Å². The molecule has 0 unspecified atom stereocenters. The zero-order chi connectivity index (χ0) is 12.4. The molecule has 3 heterocycles. The SMILES string of the molecule is Brc1csc(-c2cnc(N3CCNCC3)nc2)c1. The van der Waals surface area contributed by atoms with Crippen LogP contribution >= 0.6 is 27.3 Å². The van der Waals surface area contributed by atoms with E-state index >= 15 is 0 Å². The summed E-state index contributed by atoms with van der Waals surface area (Å²) in [5.74, 6) is 0.830. The average Bonchev–Trinajstić information content (AvgIpc) is 2.87. The first-order chi connectivity index (χ1) is 8.83. The summed E-state index contributed by atoms with van der Waals surface area (Å²) in [6.07, 6.45) is 3.81. The second-order valence-electron chi connectivity index (χ2n) is 4.14. The van der Waals surface area contributed by atoms with Gasteiger partial charge in [0.15, 0.2) is 0 Å². The van der Waals surface area contributed by atoms with E-state index in [1.54, 1.807) is 11.3 Å². The Kier molecular flexibility index (Phi) is 3.58. The highest BCUT2D eigenvalue weighted by atomic mass is 79.9. The van der Waals surface area contributed by atoms with Crippen LogP contribution in [-0.4, -0.2) is 36.1 Å². The van der Waals surface area contributed by atoms with Crippen LogP contribution in [0.1, 0.15) is 0 Å². The van der Waals surface area contributed by atoms with E-state index in [9.17, 15) is 0 Å². The lowest BCUT2D eigenvalue weighted by atomic mass is 10.3. The minimum atomic E-state index is 0.830. The van der Waals surface area contributed by atoms with E-state index in [1.165, 1.54) is 4.88 Å². The van der Waals surface area contributed by atoms with Crippen LogP contribution in [0.2, 0.25) is 0 Å². The molecule has 0 saturated carbocycles. The van der Waals surface area contributed by atoms with Crippen LogP contribution in [0.3, 0.4) is 0 Å². The van der Waals surface area contributed by atoms with Crippen molar-refractivity contribution in [3.63, 3.8) is 0 Å². The highest BCUT2D eigenvalue weighted by Crippen LogP contribution is 2.29. The van der Waals surface area contributed by atoms with Crippen molar-refractivity contribution in [2.24, 2.45) is 0 Å². The Balaban J connectivity index is 1.80. The lowest BCUT2D eigenvalue weighted by molar-refractivity contribution is 0.580. The largest absolute Gasteiger partial charge is 0.338 e. The molecular weight excluding hydrogens is 312 g/mol. The predicted octanol–water partition coefficient (Wildman–Crippen LogP) is 2.38. The van der Waals surface area contributed by atoms with Gasteiger partial charge in [-0.05, 0) is 22.0 Å². The van der Waals surface area contributed by atoms with Gasteiger partial charge in [-0.15, -0.1) is 11.3 Å². The molecule has 1 N–H and O–H groups in total. The van der Waals surface area contributed by atoms with Gasteiger partial charge in [-0.1, -0.05) is 0 Å². The Morgan fingerprint density at radius 2 is 1.94 bits per heavy atom. The van der Waals surface area contributed by atoms with Crippen molar-refractivity contribution in [2.45, 2.75) is 0 Å². The molecule has 0 aliphatic carbocycles. The molecule has 0 aromatic carbocycles. The first-order valence-corrected chi connectivity index (χ1v) is 7.52. The molecular formula is C12H13BrN4S. The summed E-state index contributed by atoms with van der Waals surface area (Å²) < 4.78 is 1.11. The van der Waals surface area contributed by atoms with Crippen LogP contribution in [0.4, 0.5) is 5.95 Å². The van der Waals surface area contributed by atoms with Crippen LogP contribution in [-0.2, 0) is 0 Å². The van der Waals surface area contributed by atoms with Gasteiger partial charge in [-0.3, -0.25) is 0 Å². The lowest BCUT2D eigenvalue weighted by Crippen LogP contribution is -2.44. The van der Waals surface area contributed by atoms with E-state index in [0.29, 0.717) is 0 Å². The topological polar surface area (TPSA) is 41.1 Å². The van der Waals surface area contributed by atoms with Crippen LogP contribution in [0.15, 0.2) is 28.3 Å². The summed E-state index contributed by atoms with van der Waals surface area (Å²) in [7, 11) is 0. The minimum absolute atomic E-state index is 0.830. The first kappa shape index (κ1) is 12.1. The molecule has 2 aromatic heterocycles. The van der Waals surface area contributed by atoms with Crippen molar-refractivity contribution in [1.82, 2.24) is 15.3 Å². The Bertz CT molecular complexity index is 519. The minimum Gasteiger partial charge on any atom is -0.338 e. The molecule has 0 amide bonds. The average molecular weight is 325 g/mol. The zero-order valence-corrected chi connectivity index (χ0v) is 12.2. The molecule has 3 rings (SSSR count). The highest BCUT2D eigenvalue weighted by molar-refractivity contribution is 9.10. The molecule has 4 nitrogen and oxygen atoms in total. The van der Waals surface area contributed by atoms with Gasteiger partial charge >= 0.3 is 0 Å². The van der Waals surface area contributed by atoms with Crippen molar-refractivity contribution in [1.29, 1.82) is 0 Å². The smallest absolute Gasteiger partial charge is 0.225 e. The standard InChI is InChI=1S/C12H13BrN4S/c13-10-5-11(18-8-10)9-6-15-12(16-7-9)17-3-1-14-2-4-17/h5-8,14H,1-4H2. The summed E-state index contributed by atoms with van der Waals surface area (Å²) >= 11 is 5.15. The summed E-state index contributed by atoms with van der Waals surface area (Å²) in [6, 6.07) is 2.09. The summed E-state index contributed by atoms with van der Waals surface area (Å²) in [6.45, 7) is 3.96. The quantitative estimate of drug-likeness (QED) is 0.920. The van der Waals surface area contributed by atoms with Crippen LogP contribution in [0, 0.1) is 0 Å². The van der Waals surface area contributed by atoms with Gasteiger partial charge in [-0.25, -0.2) is 9.97 Å². The monoisotopic (exact) mass is 324 g/mol. The number of aromatic nitrogens is 2. The van der Waals surface area contributed by atoms with Crippen molar-refractivity contribution in [3.8, 4) is 10.4 Å². The van der Waals surface area contributed by atoms with E-state index in [2.05, 4.69) is 47.6 Å². The van der Waals surface area contributed by atoms with E-state index in [0.717, 1.165) is 42.2 Å². The predicted molar refractivity (Wildman–Crippen MR) is 78.1 cm³/mol. The van der Waals surface area contributed by atoms with Crippen LogP contribution in [0.25, 0.3) is 10.4 Å². The molecule has 1 aliphatic rings. The molecule has 94 valence electrons. The number of hydrogen-bond acceptors (Lipinski definition) is 5. The number of rotatable bonds is 2. The van der Waals surface area contributed by atoms with Gasteiger partial charge < -0.3 is 10.2 Å². The Morgan fingerprint density at radius 1 is 1.22 bits per heavy atom. The molecule has 0 bridgehead atoms. The molecule has 1 aliphatic heterocycles. The third-order valence-electron chi connectivity index (χ3n) is 2.89. The maximum absolute atomic E-state index is 4.47. The van der Waals surface area contributed by atoms with E-state index < -0.39 is 0 Å². The van der Waals surface area contributed by atoms with Gasteiger partial charge in [0.2, 0.25) is 5.95 Å². The van der Waals surface area contributed by atoms with E-state index in [4.69, 9.17) is 0 Å². The molecule has 0 spiro atoms. The molecule has 1 saturated heterocycles. The summed E-state index contributed by atoms with van der Waals surface area (Å²) in [5, 5.41) is 5.39. The van der Waals surface area contributed by atoms with Crippen molar-refractivity contribution >= 4 is 33.2 Å². The second-order valence-corrected chi connectivity index (χ2v) is 5.96. The molecule has 1 fully saturated rings. The maximum atomic E-state index is 4.47. The van der Waals surface area contributed by atoms with Crippen molar-refractivity contribution in [2.75, 3.05) is 31.1 Å². The van der Waals surface area contributed by atoms with Gasteiger partial charge in [0, 0.05) is 58.9 Å². The number of halogens is 1. The Labute approximate surface area is 118 Å². The van der Waals surface area contributed by atoms with Gasteiger partial charge in [0.1, 0.15) is 0 Å². The molecule has 18 heavy (non-hydrogen) atoms. The van der Waals surface area contributed by atoms with Gasteiger partial charge in [0.25, 0.3) is 0 Å². The lowest BCUT2D eigenvalue weighted by Gasteiger charge is -2.27. The van der Waals surface area contributed by atoms with Crippen LogP contribution in [0.5, 0.6) is 0 Å². The Morgan fingerprint density at radius 3 is 2.56 bits per heavy atom. The highest BCUT2D eigenvalue weighted by Gasteiger charge is 2.13. The van der Waals surface area contributed by atoms with Gasteiger partial charge in [-0.2, -0.15) is 0 Å². The van der Waals surface area contributed by atoms with Gasteiger partial charge in [0.05, 0.1) is 0 Å². The number of piperazine rings is 1. The molecule has 6 heteroatoms. The fourth-order valence-corrected chi connectivity index (χ4v) is 3.35. The summed E-state index contributed by atoms with van der Waals surface area (Å²) in [4.78, 5) is 12.3. The number of thiophene rings is 1. The second kappa shape index (κ2) is 5.34. The number of hydrogen-bond donors (Lipinski definition) is 1. The first-order valence-electron chi connectivity index (χ1n) is 5.85. The fraction of sp³-hybridized carbons (Fsp3) is 0.333.